The molecule has 3 rings (SSSR count). The van der Waals surface area contributed by atoms with Crippen molar-refractivity contribution in [2.45, 2.75) is 0 Å². The van der Waals surface area contributed by atoms with Gasteiger partial charge in [0.1, 0.15) is 5.82 Å². The molecule has 2 fully saturated rings. The fourth-order valence-corrected chi connectivity index (χ4v) is 3.74. The Kier molecular flexibility index (Phi) is 5.71. The van der Waals surface area contributed by atoms with Gasteiger partial charge in [0.2, 0.25) is 0 Å². The first-order valence-electron chi connectivity index (χ1n) is 8.24. The van der Waals surface area contributed by atoms with Gasteiger partial charge in [0, 0.05) is 45.2 Å². The van der Waals surface area contributed by atoms with Crippen molar-refractivity contribution in [3.63, 3.8) is 0 Å². The quantitative estimate of drug-likeness (QED) is 0.888. The van der Waals surface area contributed by atoms with Gasteiger partial charge in [0.25, 0.3) is 5.91 Å². The number of nitrogens with zero attached hydrogens (tertiary/aromatic N) is 2. The summed E-state index contributed by atoms with van der Waals surface area (Å²) in [6.45, 7) is 4.91. The summed E-state index contributed by atoms with van der Waals surface area (Å²) < 4.78 is 19.3. The lowest BCUT2D eigenvalue weighted by atomic mass is 9.96. The number of aliphatic hydroxyl groups excluding tert-OH is 1. The number of rotatable bonds is 4. The second-order valence-corrected chi connectivity index (χ2v) is 6.83. The minimum Gasteiger partial charge on any atom is -0.396 e. The van der Waals surface area contributed by atoms with Crippen molar-refractivity contribution in [1.29, 1.82) is 0 Å². The first-order valence-corrected chi connectivity index (χ1v) is 8.62. The molecule has 0 spiro atoms. The Balaban J connectivity index is 1.70. The molecule has 0 aromatic heterocycles. The maximum Gasteiger partial charge on any atom is 0.258 e. The molecule has 0 bridgehead atoms. The van der Waals surface area contributed by atoms with Gasteiger partial charge in [-0.05, 0) is 18.1 Å². The Morgan fingerprint density at radius 1 is 1.29 bits per heavy atom. The molecule has 1 N–H and O–H groups in total. The van der Waals surface area contributed by atoms with Crippen LogP contribution in [0.15, 0.2) is 18.2 Å². The number of amides is 1. The van der Waals surface area contributed by atoms with Crippen LogP contribution in [0.4, 0.5) is 4.39 Å². The Bertz CT molecular complexity index is 575. The van der Waals surface area contributed by atoms with Gasteiger partial charge in [0.15, 0.2) is 0 Å². The maximum absolute atomic E-state index is 14.0. The number of morpholine rings is 1. The van der Waals surface area contributed by atoms with Crippen molar-refractivity contribution in [2.24, 2.45) is 11.8 Å². The summed E-state index contributed by atoms with van der Waals surface area (Å²) in [4.78, 5) is 16.6. The van der Waals surface area contributed by atoms with Crippen LogP contribution in [-0.4, -0.2) is 73.4 Å². The largest absolute Gasteiger partial charge is 0.396 e. The number of carbonyl (C=O) groups excluding carboxylic acids is 1. The van der Waals surface area contributed by atoms with E-state index in [0.717, 1.165) is 19.6 Å². The molecule has 2 aliphatic heterocycles. The molecule has 1 aromatic rings. The van der Waals surface area contributed by atoms with Gasteiger partial charge in [-0.3, -0.25) is 9.69 Å². The third-order valence-electron chi connectivity index (χ3n) is 4.87. The summed E-state index contributed by atoms with van der Waals surface area (Å²) in [5, 5.41) is 9.79. The fraction of sp³-hybridized carbons (Fsp3) is 0.588. The molecule has 132 valence electrons. The second kappa shape index (κ2) is 7.78. The van der Waals surface area contributed by atoms with E-state index in [-0.39, 0.29) is 29.0 Å². The van der Waals surface area contributed by atoms with Gasteiger partial charge in [-0.1, -0.05) is 17.7 Å². The Morgan fingerprint density at radius 3 is 2.67 bits per heavy atom. The molecule has 7 heteroatoms. The van der Waals surface area contributed by atoms with E-state index in [4.69, 9.17) is 16.3 Å². The number of likely N-dealkylation sites (tertiary alicyclic amines) is 1. The van der Waals surface area contributed by atoms with Crippen molar-refractivity contribution in [3.05, 3.63) is 34.6 Å². The summed E-state index contributed by atoms with van der Waals surface area (Å²) in [6.07, 6.45) is 0. The highest BCUT2D eigenvalue weighted by molar-refractivity contribution is 6.33. The van der Waals surface area contributed by atoms with Gasteiger partial charge in [0.05, 0.1) is 23.8 Å². The average molecular weight is 357 g/mol. The van der Waals surface area contributed by atoms with Gasteiger partial charge < -0.3 is 14.7 Å². The molecule has 2 aliphatic rings. The van der Waals surface area contributed by atoms with E-state index < -0.39 is 11.7 Å². The van der Waals surface area contributed by atoms with Crippen LogP contribution >= 0.6 is 11.6 Å². The minimum atomic E-state index is -0.607. The predicted octanol–water partition coefficient (Wildman–Crippen LogP) is 1.49. The number of aliphatic hydroxyl groups is 1. The molecule has 24 heavy (non-hydrogen) atoms. The van der Waals surface area contributed by atoms with Crippen LogP contribution in [-0.2, 0) is 4.74 Å². The Labute approximate surface area is 145 Å². The highest BCUT2D eigenvalue weighted by Gasteiger charge is 2.37. The molecule has 2 atom stereocenters. The predicted molar refractivity (Wildman–Crippen MR) is 88.6 cm³/mol. The lowest BCUT2D eigenvalue weighted by Crippen LogP contribution is -2.41. The maximum atomic E-state index is 14.0. The van der Waals surface area contributed by atoms with Crippen LogP contribution in [0.3, 0.4) is 0 Å². The van der Waals surface area contributed by atoms with E-state index in [1.54, 1.807) is 4.90 Å². The second-order valence-electron chi connectivity index (χ2n) is 6.42. The lowest BCUT2D eigenvalue weighted by molar-refractivity contribution is 0.0264. The third kappa shape index (κ3) is 3.72. The van der Waals surface area contributed by atoms with Crippen molar-refractivity contribution < 1.29 is 19.0 Å². The monoisotopic (exact) mass is 356 g/mol. The minimum absolute atomic E-state index is 0.00217. The summed E-state index contributed by atoms with van der Waals surface area (Å²) in [6, 6.07) is 4.24. The number of benzene rings is 1. The van der Waals surface area contributed by atoms with Gasteiger partial charge in [-0.2, -0.15) is 0 Å². The topological polar surface area (TPSA) is 53.0 Å². The molecular formula is C17H22ClFN2O3. The van der Waals surface area contributed by atoms with E-state index in [1.807, 2.05) is 0 Å². The van der Waals surface area contributed by atoms with Crippen LogP contribution in [0.2, 0.25) is 5.02 Å². The van der Waals surface area contributed by atoms with E-state index in [9.17, 15) is 14.3 Å². The van der Waals surface area contributed by atoms with Crippen LogP contribution in [0.5, 0.6) is 0 Å². The smallest absolute Gasteiger partial charge is 0.258 e. The summed E-state index contributed by atoms with van der Waals surface area (Å²) in [5.74, 6) is -0.837. The number of halogens is 2. The summed E-state index contributed by atoms with van der Waals surface area (Å²) in [5.41, 5.74) is -0.0807. The van der Waals surface area contributed by atoms with E-state index in [2.05, 4.69) is 4.90 Å². The standard InChI is InChI=1S/C17H22ClFN2O3/c18-14-2-1-3-15(19)16(14)17(23)21-9-12(13(10-21)11-22)8-20-4-6-24-7-5-20/h1-3,12-13,22H,4-11H2. The zero-order chi connectivity index (χ0) is 17.1. The first-order chi connectivity index (χ1) is 11.6. The lowest BCUT2D eigenvalue weighted by Gasteiger charge is -2.30. The molecule has 1 aromatic carbocycles. The molecule has 2 saturated heterocycles. The van der Waals surface area contributed by atoms with Gasteiger partial charge in [-0.25, -0.2) is 4.39 Å². The van der Waals surface area contributed by atoms with E-state index >= 15 is 0 Å². The molecule has 1 amide bonds. The normalized spacial score (nSPS) is 25.2. The SMILES string of the molecule is O=C(c1c(F)cccc1Cl)N1CC(CO)C(CN2CCOCC2)C1. The van der Waals surface area contributed by atoms with Crippen molar-refractivity contribution in [2.75, 3.05) is 52.5 Å². The number of ether oxygens (including phenoxy) is 1. The number of carbonyl (C=O) groups is 1. The van der Waals surface area contributed by atoms with Crippen molar-refractivity contribution in [3.8, 4) is 0 Å². The zero-order valence-corrected chi connectivity index (χ0v) is 14.2. The highest BCUT2D eigenvalue weighted by Crippen LogP contribution is 2.28. The fourth-order valence-electron chi connectivity index (χ4n) is 3.49. The Morgan fingerprint density at radius 2 is 2.00 bits per heavy atom. The van der Waals surface area contributed by atoms with Crippen molar-refractivity contribution >= 4 is 17.5 Å². The van der Waals surface area contributed by atoms with Crippen LogP contribution in [0.25, 0.3) is 0 Å². The van der Waals surface area contributed by atoms with Crippen LogP contribution in [0.1, 0.15) is 10.4 Å². The third-order valence-corrected chi connectivity index (χ3v) is 5.19. The zero-order valence-electron chi connectivity index (χ0n) is 13.5. The molecule has 0 radical (unpaired) electrons. The first kappa shape index (κ1) is 17.6. The van der Waals surface area contributed by atoms with Crippen LogP contribution in [0, 0.1) is 17.7 Å². The molecular weight excluding hydrogens is 335 g/mol. The molecule has 5 nitrogen and oxygen atoms in total. The molecule has 2 unspecified atom stereocenters. The summed E-state index contributed by atoms with van der Waals surface area (Å²) in [7, 11) is 0. The number of hydrogen-bond acceptors (Lipinski definition) is 4. The van der Waals surface area contributed by atoms with E-state index in [0.29, 0.717) is 26.3 Å². The van der Waals surface area contributed by atoms with Crippen molar-refractivity contribution in [1.82, 2.24) is 9.80 Å². The van der Waals surface area contributed by atoms with E-state index in [1.165, 1.54) is 18.2 Å². The van der Waals surface area contributed by atoms with Gasteiger partial charge in [-0.15, -0.1) is 0 Å². The Hall–Kier alpha value is -1.21. The van der Waals surface area contributed by atoms with Crippen LogP contribution < -0.4 is 0 Å². The summed E-state index contributed by atoms with van der Waals surface area (Å²) >= 11 is 6.01. The molecule has 0 aliphatic carbocycles. The highest BCUT2D eigenvalue weighted by atomic mass is 35.5. The number of hydrogen-bond donors (Lipinski definition) is 1. The average Bonchev–Trinajstić information content (AvgIpc) is 2.98. The van der Waals surface area contributed by atoms with Gasteiger partial charge >= 0.3 is 0 Å². The molecule has 2 heterocycles. The molecule has 0 saturated carbocycles.